The minimum absolute atomic E-state index is 0.214. The predicted octanol–water partition coefficient (Wildman–Crippen LogP) is 1.45. The van der Waals surface area contributed by atoms with Crippen molar-refractivity contribution >= 4 is 22.4 Å². The van der Waals surface area contributed by atoms with Crippen LogP contribution in [0.1, 0.15) is 49.0 Å². The van der Waals surface area contributed by atoms with Gasteiger partial charge in [0.15, 0.2) is 5.13 Å². The molecule has 1 aliphatic heterocycles. The number of nitrogens with two attached hydrogens (primary N) is 1. The monoisotopic (exact) mass is 338 g/mol. The number of amides is 1. The summed E-state index contributed by atoms with van der Waals surface area (Å²) in [5, 5.41) is 12.0. The molecule has 1 saturated heterocycles. The molecule has 23 heavy (non-hydrogen) atoms. The minimum atomic E-state index is -0.472. The summed E-state index contributed by atoms with van der Waals surface area (Å²) in [6, 6.07) is 1.03. The van der Waals surface area contributed by atoms with Crippen LogP contribution in [0.3, 0.4) is 0 Å². The maximum Gasteiger partial charge on any atom is 0.268 e. The number of piperazine rings is 1. The van der Waals surface area contributed by atoms with Crippen LogP contribution >= 0.6 is 11.3 Å². The zero-order valence-corrected chi connectivity index (χ0v) is 14.3. The van der Waals surface area contributed by atoms with Crippen molar-refractivity contribution in [1.82, 2.24) is 9.88 Å². The van der Waals surface area contributed by atoms with Gasteiger partial charge in [0.05, 0.1) is 0 Å². The van der Waals surface area contributed by atoms with Gasteiger partial charge in [-0.1, -0.05) is 19.3 Å². The van der Waals surface area contributed by atoms with Crippen LogP contribution in [-0.4, -0.2) is 59.2 Å². The fraction of sp³-hybridized carbons (Fsp3) is 0.750. The van der Waals surface area contributed by atoms with E-state index in [9.17, 15) is 9.90 Å². The number of aliphatic hydroxyl groups is 1. The summed E-state index contributed by atoms with van der Waals surface area (Å²) in [5.74, 6) is -0.472. The fourth-order valence-electron chi connectivity index (χ4n) is 3.87. The van der Waals surface area contributed by atoms with Crippen molar-refractivity contribution in [2.75, 3.05) is 31.1 Å². The Morgan fingerprint density at radius 2 is 2.13 bits per heavy atom. The molecule has 0 aromatic carbocycles. The van der Waals surface area contributed by atoms with Gasteiger partial charge in [-0.3, -0.25) is 9.69 Å². The zero-order chi connectivity index (χ0) is 16.2. The van der Waals surface area contributed by atoms with Gasteiger partial charge in [-0.15, -0.1) is 11.3 Å². The molecule has 2 aliphatic rings. The highest BCUT2D eigenvalue weighted by Gasteiger charge is 2.33. The lowest BCUT2D eigenvalue weighted by Gasteiger charge is -2.46. The Morgan fingerprint density at radius 1 is 1.35 bits per heavy atom. The summed E-state index contributed by atoms with van der Waals surface area (Å²) in [6.07, 6.45) is 7.36. The van der Waals surface area contributed by atoms with Gasteiger partial charge in [-0.05, 0) is 19.3 Å². The topological polar surface area (TPSA) is 82.7 Å². The fourth-order valence-corrected chi connectivity index (χ4v) is 4.72. The number of rotatable bonds is 5. The standard InChI is InChI=1S/C16H26N4O2S/c17-15(22)14-11-23-16(18-14)19-7-8-20(13(10-19)6-9-21)12-4-2-1-3-5-12/h11-13,21H,1-10H2,(H2,17,22)/t13-/m0/s1. The molecule has 1 aromatic rings. The van der Waals surface area contributed by atoms with E-state index in [1.807, 2.05) is 0 Å². The molecule has 2 fully saturated rings. The number of hydrogen-bond donors (Lipinski definition) is 2. The van der Waals surface area contributed by atoms with Crippen molar-refractivity contribution in [3.8, 4) is 0 Å². The van der Waals surface area contributed by atoms with E-state index in [2.05, 4.69) is 14.8 Å². The van der Waals surface area contributed by atoms with E-state index >= 15 is 0 Å². The maximum atomic E-state index is 11.2. The van der Waals surface area contributed by atoms with Crippen molar-refractivity contribution in [2.24, 2.45) is 5.73 Å². The molecular weight excluding hydrogens is 312 g/mol. The lowest BCUT2D eigenvalue weighted by molar-refractivity contribution is 0.0758. The van der Waals surface area contributed by atoms with Crippen molar-refractivity contribution in [2.45, 2.75) is 50.6 Å². The third-order valence-electron chi connectivity index (χ3n) is 5.05. The lowest BCUT2D eigenvalue weighted by Crippen LogP contribution is -2.57. The smallest absolute Gasteiger partial charge is 0.268 e. The van der Waals surface area contributed by atoms with Crippen molar-refractivity contribution in [3.05, 3.63) is 11.1 Å². The van der Waals surface area contributed by atoms with Gasteiger partial charge in [0, 0.05) is 43.7 Å². The molecule has 0 radical (unpaired) electrons. The molecule has 3 rings (SSSR count). The number of nitrogens with zero attached hydrogens (tertiary/aromatic N) is 3. The van der Waals surface area contributed by atoms with E-state index in [-0.39, 0.29) is 6.61 Å². The van der Waals surface area contributed by atoms with Crippen LogP contribution in [0, 0.1) is 0 Å². The van der Waals surface area contributed by atoms with Gasteiger partial charge >= 0.3 is 0 Å². The van der Waals surface area contributed by atoms with E-state index < -0.39 is 5.91 Å². The van der Waals surface area contributed by atoms with Crippen LogP contribution in [0.4, 0.5) is 5.13 Å². The number of carbonyl (C=O) groups is 1. The number of anilines is 1. The average molecular weight is 338 g/mol. The summed E-state index contributed by atoms with van der Waals surface area (Å²) in [5.41, 5.74) is 5.64. The molecule has 0 spiro atoms. The molecule has 0 bridgehead atoms. The predicted molar refractivity (Wildman–Crippen MR) is 91.9 cm³/mol. The van der Waals surface area contributed by atoms with Crippen LogP contribution < -0.4 is 10.6 Å². The molecule has 1 aromatic heterocycles. The number of primary amides is 1. The normalized spacial score (nSPS) is 24.0. The maximum absolute atomic E-state index is 11.2. The van der Waals surface area contributed by atoms with Gasteiger partial charge < -0.3 is 15.7 Å². The minimum Gasteiger partial charge on any atom is -0.396 e. The molecular formula is C16H26N4O2S. The molecule has 1 atom stereocenters. The highest BCUT2D eigenvalue weighted by Crippen LogP contribution is 2.29. The van der Waals surface area contributed by atoms with Crippen LogP contribution in [0.5, 0.6) is 0 Å². The first-order valence-electron chi connectivity index (χ1n) is 8.56. The first kappa shape index (κ1) is 16.7. The SMILES string of the molecule is NC(=O)c1csc(N2CCN(C3CCCCC3)[C@@H](CCO)C2)n1. The van der Waals surface area contributed by atoms with Gasteiger partial charge in [0.25, 0.3) is 5.91 Å². The zero-order valence-electron chi connectivity index (χ0n) is 13.5. The van der Waals surface area contributed by atoms with E-state index in [1.165, 1.54) is 43.4 Å². The number of carbonyl (C=O) groups excluding carboxylic acids is 1. The molecule has 2 heterocycles. The van der Waals surface area contributed by atoms with Gasteiger partial charge in [0.2, 0.25) is 0 Å². The molecule has 6 nitrogen and oxygen atoms in total. The van der Waals surface area contributed by atoms with E-state index in [4.69, 9.17) is 5.73 Å². The van der Waals surface area contributed by atoms with Crippen molar-refractivity contribution in [1.29, 1.82) is 0 Å². The summed E-state index contributed by atoms with van der Waals surface area (Å²) in [7, 11) is 0. The highest BCUT2D eigenvalue weighted by atomic mass is 32.1. The number of thiazole rings is 1. The quantitative estimate of drug-likeness (QED) is 0.849. The first-order valence-corrected chi connectivity index (χ1v) is 9.44. The Morgan fingerprint density at radius 3 is 2.78 bits per heavy atom. The molecule has 1 saturated carbocycles. The molecule has 7 heteroatoms. The third-order valence-corrected chi connectivity index (χ3v) is 5.95. The Kier molecular flexibility index (Phi) is 5.50. The average Bonchev–Trinajstić information content (AvgIpc) is 3.06. The summed E-state index contributed by atoms with van der Waals surface area (Å²) >= 11 is 1.47. The third kappa shape index (κ3) is 3.84. The molecule has 0 unspecified atom stereocenters. The van der Waals surface area contributed by atoms with Gasteiger partial charge in [-0.25, -0.2) is 4.98 Å². The molecule has 3 N–H and O–H groups in total. The van der Waals surface area contributed by atoms with Crippen LogP contribution in [0.15, 0.2) is 5.38 Å². The summed E-state index contributed by atoms with van der Waals surface area (Å²) in [4.78, 5) is 20.4. The molecule has 128 valence electrons. The lowest BCUT2D eigenvalue weighted by atomic mass is 9.92. The Hall–Kier alpha value is -1.18. The number of hydrogen-bond acceptors (Lipinski definition) is 6. The van der Waals surface area contributed by atoms with E-state index in [0.29, 0.717) is 17.8 Å². The largest absolute Gasteiger partial charge is 0.396 e. The summed E-state index contributed by atoms with van der Waals surface area (Å²) < 4.78 is 0. The van der Waals surface area contributed by atoms with Crippen molar-refractivity contribution in [3.63, 3.8) is 0 Å². The van der Waals surface area contributed by atoms with E-state index in [0.717, 1.165) is 31.2 Å². The number of aromatic nitrogens is 1. The van der Waals surface area contributed by atoms with Crippen molar-refractivity contribution < 1.29 is 9.90 Å². The molecule has 1 amide bonds. The Bertz CT molecular complexity index is 530. The van der Waals surface area contributed by atoms with Crippen LogP contribution in [-0.2, 0) is 0 Å². The van der Waals surface area contributed by atoms with Gasteiger partial charge in [0.1, 0.15) is 5.69 Å². The van der Waals surface area contributed by atoms with Crippen LogP contribution in [0.2, 0.25) is 0 Å². The second kappa shape index (κ2) is 7.59. The Balaban J connectivity index is 1.68. The first-order chi connectivity index (χ1) is 11.2. The highest BCUT2D eigenvalue weighted by molar-refractivity contribution is 7.13. The second-order valence-electron chi connectivity index (χ2n) is 6.52. The molecule has 1 aliphatic carbocycles. The second-order valence-corrected chi connectivity index (χ2v) is 7.36. The Labute approximate surface area is 141 Å². The van der Waals surface area contributed by atoms with Crippen LogP contribution in [0.25, 0.3) is 0 Å². The van der Waals surface area contributed by atoms with E-state index in [1.54, 1.807) is 5.38 Å². The number of aliphatic hydroxyl groups excluding tert-OH is 1. The van der Waals surface area contributed by atoms with Gasteiger partial charge in [-0.2, -0.15) is 0 Å². The summed E-state index contributed by atoms with van der Waals surface area (Å²) in [6.45, 7) is 3.00.